The number of rotatable bonds is 10. The van der Waals surface area contributed by atoms with Crippen LogP contribution >= 0.6 is 0 Å². The van der Waals surface area contributed by atoms with E-state index in [0.717, 1.165) is 18.2 Å². The van der Waals surface area contributed by atoms with Crippen molar-refractivity contribution in [1.82, 2.24) is 0 Å². The van der Waals surface area contributed by atoms with Gasteiger partial charge in [0.25, 0.3) is 0 Å². The van der Waals surface area contributed by atoms with Crippen molar-refractivity contribution in [2.45, 2.75) is 12.2 Å². The molecular formula is C14H18O9. The standard InChI is InChI=1S/C14H18O9/c15-4-10(16)5-22-6-11(17)7-23-12-2-8(13(18)19)1-9(3-12)14(20)21/h1-3,10-11,15-17H,4-7H2,(H,18,19)(H,20,21). The molecule has 0 saturated heterocycles. The minimum absolute atomic E-state index is 0.0169. The average Bonchev–Trinajstić information content (AvgIpc) is 2.52. The molecule has 0 fully saturated rings. The maximum atomic E-state index is 10.9. The highest BCUT2D eigenvalue weighted by Crippen LogP contribution is 2.18. The van der Waals surface area contributed by atoms with Gasteiger partial charge in [0.05, 0.1) is 30.9 Å². The van der Waals surface area contributed by atoms with E-state index in [1.54, 1.807) is 0 Å². The minimum atomic E-state index is -1.31. The van der Waals surface area contributed by atoms with Crippen molar-refractivity contribution in [3.05, 3.63) is 29.3 Å². The van der Waals surface area contributed by atoms with Crippen LogP contribution in [-0.2, 0) is 4.74 Å². The Morgan fingerprint density at radius 1 is 0.913 bits per heavy atom. The van der Waals surface area contributed by atoms with Gasteiger partial charge in [0.1, 0.15) is 24.6 Å². The molecule has 0 aliphatic rings. The molecule has 9 heteroatoms. The van der Waals surface area contributed by atoms with E-state index in [9.17, 15) is 14.7 Å². The van der Waals surface area contributed by atoms with Gasteiger partial charge in [0.15, 0.2) is 0 Å². The number of carboxylic acid groups (broad SMARTS) is 2. The Balaban J connectivity index is 2.59. The Bertz CT molecular complexity index is 511. The molecule has 0 spiro atoms. The third-order valence-electron chi connectivity index (χ3n) is 2.67. The van der Waals surface area contributed by atoms with Crippen LogP contribution in [0.3, 0.4) is 0 Å². The van der Waals surface area contributed by atoms with Gasteiger partial charge in [-0.05, 0) is 18.2 Å². The van der Waals surface area contributed by atoms with Crippen LogP contribution in [0.5, 0.6) is 5.75 Å². The molecule has 0 aromatic heterocycles. The van der Waals surface area contributed by atoms with Crippen molar-refractivity contribution < 1.29 is 44.6 Å². The predicted molar refractivity (Wildman–Crippen MR) is 75.8 cm³/mol. The summed E-state index contributed by atoms with van der Waals surface area (Å²) in [5, 5.41) is 45.1. The van der Waals surface area contributed by atoms with Crippen LogP contribution in [-0.4, -0.2) is 76.1 Å². The second-order valence-corrected chi connectivity index (χ2v) is 4.70. The van der Waals surface area contributed by atoms with E-state index in [-0.39, 0.29) is 36.7 Å². The molecule has 1 aromatic carbocycles. The molecular weight excluding hydrogens is 312 g/mol. The molecule has 1 aromatic rings. The maximum absolute atomic E-state index is 10.9. The van der Waals surface area contributed by atoms with E-state index in [2.05, 4.69) is 0 Å². The lowest BCUT2D eigenvalue weighted by Gasteiger charge is -2.14. The van der Waals surface area contributed by atoms with E-state index in [4.69, 9.17) is 29.9 Å². The molecule has 128 valence electrons. The fraction of sp³-hybridized carbons (Fsp3) is 0.429. The quantitative estimate of drug-likeness (QED) is 0.370. The first-order valence-corrected chi connectivity index (χ1v) is 6.62. The summed E-state index contributed by atoms with van der Waals surface area (Å²) in [6, 6.07) is 3.27. The Hall–Kier alpha value is -2.20. The van der Waals surface area contributed by atoms with Gasteiger partial charge in [0, 0.05) is 0 Å². The van der Waals surface area contributed by atoms with Crippen LogP contribution in [0, 0.1) is 0 Å². The number of ether oxygens (including phenoxy) is 2. The number of aliphatic hydroxyl groups is 3. The summed E-state index contributed by atoms with van der Waals surface area (Å²) >= 11 is 0. The Kier molecular flexibility index (Phi) is 7.42. The number of aliphatic hydroxyl groups excluding tert-OH is 3. The van der Waals surface area contributed by atoms with Crippen molar-refractivity contribution in [2.75, 3.05) is 26.4 Å². The van der Waals surface area contributed by atoms with E-state index in [1.807, 2.05) is 0 Å². The maximum Gasteiger partial charge on any atom is 0.335 e. The molecule has 0 bridgehead atoms. The molecule has 2 unspecified atom stereocenters. The highest BCUT2D eigenvalue weighted by Gasteiger charge is 2.14. The summed E-state index contributed by atoms with van der Waals surface area (Å²) in [6.07, 6.45) is -2.13. The lowest BCUT2D eigenvalue weighted by Crippen LogP contribution is -2.27. The lowest BCUT2D eigenvalue weighted by molar-refractivity contribution is -0.0337. The van der Waals surface area contributed by atoms with Gasteiger partial charge in [0.2, 0.25) is 0 Å². The number of hydrogen-bond donors (Lipinski definition) is 5. The molecule has 0 amide bonds. The van der Waals surface area contributed by atoms with Crippen molar-refractivity contribution in [3.8, 4) is 5.75 Å². The SMILES string of the molecule is O=C(O)c1cc(OCC(O)COCC(O)CO)cc(C(=O)O)c1. The van der Waals surface area contributed by atoms with Gasteiger partial charge in [-0.1, -0.05) is 0 Å². The van der Waals surface area contributed by atoms with Gasteiger partial charge in [-0.15, -0.1) is 0 Å². The molecule has 1 rings (SSSR count). The normalized spacial score (nSPS) is 13.3. The van der Waals surface area contributed by atoms with Crippen molar-refractivity contribution in [3.63, 3.8) is 0 Å². The fourth-order valence-electron chi connectivity index (χ4n) is 1.56. The topological polar surface area (TPSA) is 154 Å². The highest BCUT2D eigenvalue weighted by molar-refractivity contribution is 5.94. The monoisotopic (exact) mass is 330 g/mol. The number of carboxylic acids is 2. The second-order valence-electron chi connectivity index (χ2n) is 4.70. The molecule has 23 heavy (non-hydrogen) atoms. The molecule has 2 atom stereocenters. The summed E-state index contributed by atoms with van der Waals surface area (Å²) < 4.78 is 10.1. The largest absolute Gasteiger partial charge is 0.491 e. The van der Waals surface area contributed by atoms with Crippen molar-refractivity contribution >= 4 is 11.9 Å². The number of hydrogen-bond acceptors (Lipinski definition) is 7. The number of aromatic carboxylic acids is 2. The predicted octanol–water partition coefficient (Wildman–Crippen LogP) is -0.807. The van der Waals surface area contributed by atoms with E-state index in [1.165, 1.54) is 0 Å². The van der Waals surface area contributed by atoms with Crippen LogP contribution in [0.25, 0.3) is 0 Å². The zero-order valence-electron chi connectivity index (χ0n) is 12.1. The lowest BCUT2D eigenvalue weighted by atomic mass is 10.1. The van der Waals surface area contributed by atoms with E-state index < -0.39 is 30.8 Å². The Morgan fingerprint density at radius 3 is 1.91 bits per heavy atom. The Morgan fingerprint density at radius 2 is 1.43 bits per heavy atom. The fourth-order valence-corrected chi connectivity index (χ4v) is 1.56. The van der Waals surface area contributed by atoms with E-state index in [0.29, 0.717) is 0 Å². The van der Waals surface area contributed by atoms with Crippen LogP contribution in [0.2, 0.25) is 0 Å². The highest BCUT2D eigenvalue weighted by atomic mass is 16.5. The van der Waals surface area contributed by atoms with E-state index >= 15 is 0 Å². The first-order chi connectivity index (χ1) is 10.8. The summed E-state index contributed by atoms with van der Waals surface area (Å²) in [5.41, 5.74) is -0.506. The first-order valence-electron chi connectivity index (χ1n) is 6.62. The molecule has 5 N–H and O–H groups in total. The summed E-state index contributed by atoms with van der Waals surface area (Å²) in [6.45, 7) is -1.07. The minimum Gasteiger partial charge on any atom is -0.491 e. The van der Waals surface area contributed by atoms with Gasteiger partial charge < -0.3 is 35.0 Å². The van der Waals surface area contributed by atoms with Crippen LogP contribution in [0.1, 0.15) is 20.7 Å². The van der Waals surface area contributed by atoms with Crippen molar-refractivity contribution in [2.24, 2.45) is 0 Å². The van der Waals surface area contributed by atoms with Gasteiger partial charge in [-0.3, -0.25) is 0 Å². The van der Waals surface area contributed by atoms with Gasteiger partial charge in [-0.2, -0.15) is 0 Å². The summed E-state index contributed by atoms with van der Waals surface area (Å²) in [7, 11) is 0. The average molecular weight is 330 g/mol. The molecule has 0 heterocycles. The Labute approximate surface area is 131 Å². The molecule has 0 radical (unpaired) electrons. The van der Waals surface area contributed by atoms with Crippen LogP contribution in [0.4, 0.5) is 0 Å². The third-order valence-corrected chi connectivity index (χ3v) is 2.67. The van der Waals surface area contributed by atoms with Crippen LogP contribution in [0.15, 0.2) is 18.2 Å². The molecule has 9 nitrogen and oxygen atoms in total. The van der Waals surface area contributed by atoms with Crippen LogP contribution < -0.4 is 4.74 Å². The molecule has 0 aliphatic carbocycles. The van der Waals surface area contributed by atoms with Gasteiger partial charge in [-0.25, -0.2) is 9.59 Å². The van der Waals surface area contributed by atoms with Crippen molar-refractivity contribution in [1.29, 1.82) is 0 Å². The summed E-state index contributed by atoms with van der Waals surface area (Å²) in [5.74, 6) is -2.63. The third kappa shape index (κ3) is 6.61. The molecule has 0 aliphatic heterocycles. The second kappa shape index (κ2) is 9.06. The van der Waals surface area contributed by atoms with Gasteiger partial charge >= 0.3 is 11.9 Å². The smallest absolute Gasteiger partial charge is 0.335 e. The number of benzene rings is 1. The summed E-state index contributed by atoms with van der Waals surface area (Å²) in [4.78, 5) is 21.9. The zero-order valence-corrected chi connectivity index (χ0v) is 12.1. The first kappa shape index (κ1) is 18.8. The molecule has 0 saturated carbocycles. The zero-order chi connectivity index (χ0) is 17.4. The number of carbonyl (C=O) groups is 2.